The van der Waals surface area contributed by atoms with E-state index in [1.807, 2.05) is 12.1 Å². The van der Waals surface area contributed by atoms with Gasteiger partial charge in [0.25, 0.3) is 0 Å². The minimum absolute atomic E-state index is 0.134. The summed E-state index contributed by atoms with van der Waals surface area (Å²) in [7, 11) is 0. The lowest BCUT2D eigenvalue weighted by atomic mass is 9.99. The molecule has 0 aliphatic carbocycles. The number of hydrogen-bond donors (Lipinski definition) is 0. The van der Waals surface area contributed by atoms with Crippen LogP contribution in [0.3, 0.4) is 0 Å². The number of rotatable bonds is 2. The van der Waals surface area contributed by atoms with Crippen LogP contribution in [-0.2, 0) is 0 Å². The van der Waals surface area contributed by atoms with Gasteiger partial charge in [0.15, 0.2) is 5.78 Å². The first-order chi connectivity index (χ1) is 7.24. The Morgan fingerprint density at radius 3 is 2.93 bits per heavy atom. The standard InChI is InChI=1S/C13H15NO/c1-3-14-9-5-7-12-11(10(2)15)6-4-8-13(12)14/h4-8H,3,9H2,1-2H3. The van der Waals surface area contributed by atoms with E-state index >= 15 is 0 Å². The lowest BCUT2D eigenvalue weighted by Crippen LogP contribution is -2.26. The van der Waals surface area contributed by atoms with Gasteiger partial charge in [-0.05, 0) is 19.9 Å². The number of hydrogen-bond acceptors (Lipinski definition) is 2. The number of carbonyl (C=O) groups is 1. The van der Waals surface area contributed by atoms with Crippen molar-refractivity contribution in [2.75, 3.05) is 18.0 Å². The van der Waals surface area contributed by atoms with Gasteiger partial charge in [0.05, 0.1) is 0 Å². The average Bonchev–Trinajstić information content (AvgIpc) is 2.27. The predicted octanol–water partition coefficient (Wildman–Crippen LogP) is 2.74. The molecule has 0 fully saturated rings. The molecule has 78 valence electrons. The van der Waals surface area contributed by atoms with Gasteiger partial charge in [-0.2, -0.15) is 0 Å². The first-order valence-corrected chi connectivity index (χ1v) is 5.29. The number of fused-ring (bicyclic) bond motifs is 1. The molecule has 0 N–H and O–H groups in total. The van der Waals surface area contributed by atoms with E-state index < -0.39 is 0 Å². The molecule has 0 unspecified atom stereocenters. The molecule has 15 heavy (non-hydrogen) atoms. The van der Waals surface area contributed by atoms with Gasteiger partial charge in [-0.15, -0.1) is 0 Å². The Kier molecular flexibility index (Phi) is 2.58. The molecule has 0 amide bonds. The lowest BCUT2D eigenvalue weighted by Gasteiger charge is -2.27. The summed E-state index contributed by atoms with van der Waals surface area (Å²) in [6.45, 7) is 5.65. The Hall–Kier alpha value is -1.57. The normalized spacial score (nSPS) is 13.9. The van der Waals surface area contributed by atoms with Gasteiger partial charge in [-0.25, -0.2) is 0 Å². The van der Waals surface area contributed by atoms with Gasteiger partial charge < -0.3 is 4.90 Å². The van der Waals surface area contributed by atoms with Gasteiger partial charge in [0, 0.05) is 29.9 Å². The molecule has 0 spiro atoms. The Morgan fingerprint density at radius 1 is 1.47 bits per heavy atom. The van der Waals surface area contributed by atoms with Crippen molar-refractivity contribution in [1.82, 2.24) is 0 Å². The highest BCUT2D eigenvalue weighted by atomic mass is 16.1. The molecule has 2 nitrogen and oxygen atoms in total. The van der Waals surface area contributed by atoms with Crippen molar-refractivity contribution in [3.8, 4) is 0 Å². The largest absolute Gasteiger partial charge is 0.368 e. The first-order valence-electron chi connectivity index (χ1n) is 5.29. The second-order valence-corrected chi connectivity index (χ2v) is 3.74. The van der Waals surface area contributed by atoms with Crippen LogP contribution in [0, 0.1) is 0 Å². The summed E-state index contributed by atoms with van der Waals surface area (Å²) in [6, 6.07) is 5.93. The highest BCUT2D eigenvalue weighted by Gasteiger charge is 2.15. The summed E-state index contributed by atoms with van der Waals surface area (Å²) in [6.07, 6.45) is 4.16. The summed E-state index contributed by atoms with van der Waals surface area (Å²) in [5, 5.41) is 0. The molecule has 2 heteroatoms. The van der Waals surface area contributed by atoms with E-state index in [1.54, 1.807) is 6.92 Å². The number of Topliss-reactive ketones (excluding diaryl/α,β-unsaturated/α-hetero) is 1. The lowest BCUT2D eigenvalue weighted by molar-refractivity contribution is 0.101. The van der Waals surface area contributed by atoms with Gasteiger partial charge >= 0.3 is 0 Å². The molecule has 0 radical (unpaired) electrons. The maximum Gasteiger partial charge on any atom is 0.160 e. The van der Waals surface area contributed by atoms with E-state index in [0.717, 1.165) is 24.2 Å². The minimum Gasteiger partial charge on any atom is -0.368 e. The number of carbonyl (C=O) groups excluding carboxylic acids is 1. The zero-order chi connectivity index (χ0) is 10.8. The Balaban J connectivity index is 2.57. The number of likely N-dealkylation sites (N-methyl/N-ethyl adjacent to an activating group) is 1. The van der Waals surface area contributed by atoms with Crippen LogP contribution in [0.1, 0.15) is 29.8 Å². The van der Waals surface area contributed by atoms with Crippen LogP contribution in [0.2, 0.25) is 0 Å². The molecule has 0 atom stereocenters. The van der Waals surface area contributed by atoms with E-state index in [1.165, 1.54) is 5.69 Å². The second kappa shape index (κ2) is 3.89. The van der Waals surface area contributed by atoms with E-state index in [9.17, 15) is 4.79 Å². The molecular weight excluding hydrogens is 186 g/mol. The predicted molar refractivity (Wildman–Crippen MR) is 63.4 cm³/mol. The molecule has 2 rings (SSSR count). The Morgan fingerprint density at radius 2 is 2.27 bits per heavy atom. The van der Waals surface area contributed by atoms with Gasteiger partial charge in [0.1, 0.15) is 0 Å². The summed E-state index contributed by atoms with van der Waals surface area (Å²) < 4.78 is 0. The Labute approximate surface area is 90.2 Å². The van der Waals surface area contributed by atoms with Crippen molar-refractivity contribution in [3.05, 3.63) is 35.4 Å². The van der Waals surface area contributed by atoms with E-state index in [2.05, 4.69) is 30.0 Å². The molecule has 1 aromatic rings. The van der Waals surface area contributed by atoms with Crippen LogP contribution in [0.5, 0.6) is 0 Å². The zero-order valence-electron chi connectivity index (χ0n) is 9.16. The monoisotopic (exact) mass is 201 g/mol. The molecule has 1 aliphatic rings. The molecular formula is C13H15NO. The van der Waals surface area contributed by atoms with Gasteiger partial charge in [-0.1, -0.05) is 24.3 Å². The summed E-state index contributed by atoms with van der Waals surface area (Å²) in [4.78, 5) is 13.7. The molecule has 0 saturated carbocycles. The van der Waals surface area contributed by atoms with E-state index in [4.69, 9.17) is 0 Å². The zero-order valence-corrected chi connectivity index (χ0v) is 9.16. The third-order valence-corrected chi connectivity index (χ3v) is 2.80. The van der Waals surface area contributed by atoms with Crippen LogP contribution in [0.4, 0.5) is 5.69 Å². The molecule has 0 aromatic heterocycles. The van der Waals surface area contributed by atoms with Crippen molar-refractivity contribution in [2.45, 2.75) is 13.8 Å². The number of ketones is 1. The summed E-state index contributed by atoms with van der Waals surface area (Å²) in [5.74, 6) is 0.134. The SMILES string of the molecule is CCN1CC=Cc2c(C(C)=O)cccc21. The maximum atomic E-state index is 11.5. The molecule has 0 saturated heterocycles. The van der Waals surface area contributed by atoms with Crippen LogP contribution in [0.25, 0.3) is 6.08 Å². The second-order valence-electron chi connectivity index (χ2n) is 3.74. The molecule has 1 aliphatic heterocycles. The van der Waals surface area contributed by atoms with Crippen LogP contribution < -0.4 is 4.90 Å². The smallest absolute Gasteiger partial charge is 0.160 e. The number of nitrogens with zero attached hydrogens (tertiary/aromatic N) is 1. The highest BCUT2D eigenvalue weighted by Crippen LogP contribution is 2.28. The fourth-order valence-corrected chi connectivity index (χ4v) is 2.01. The van der Waals surface area contributed by atoms with E-state index in [0.29, 0.717) is 0 Å². The highest BCUT2D eigenvalue weighted by molar-refractivity contribution is 6.00. The van der Waals surface area contributed by atoms with Crippen molar-refractivity contribution < 1.29 is 4.79 Å². The fraction of sp³-hybridized carbons (Fsp3) is 0.308. The third kappa shape index (κ3) is 1.67. The summed E-state index contributed by atoms with van der Waals surface area (Å²) >= 11 is 0. The molecule has 1 aromatic carbocycles. The van der Waals surface area contributed by atoms with Crippen LogP contribution in [-0.4, -0.2) is 18.9 Å². The van der Waals surface area contributed by atoms with Crippen LogP contribution in [0.15, 0.2) is 24.3 Å². The van der Waals surface area contributed by atoms with Crippen molar-refractivity contribution in [3.63, 3.8) is 0 Å². The van der Waals surface area contributed by atoms with Crippen molar-refractivity contribution in [1.29, 1.82) is 0 Å². The van der Waals surface area contributed by atoms with E-state index in [-0.39, 0.29) is 5.78 Å². The quantitative estimate of drug-likeness (QED) is 0.686. The third-order valence-electron chi connectivity index (χ3n) is 2.80. The van der Waals surface area contributed by atoms with Gasteiger partial charge in [0.2, 0.25) is 0 Å². The molecule has 1 heterocycles. The van der Waals surface area contributed by atoms with Crippen molar-refractivity contribution in [2.24, 2.45) is 0 Å². The topological polar surface area (TPSA) is 20.3 Å². The average molecular weight is 201 g/mol. The number of anilines is 1. The summed E-state index contributed by atoms with van der Waals surface area (Å²) in [5.41, 5.74) is 3.06. The first kappa shape index (κ1) is 9.97. The van der Waals surface area contributed by atoms with Crippen molar-refractivity contribution >= 4 is 17.5 Å². The van der Waals surface area contributed by atoms with Gasteiger partial charge in [-0.3, -0.25) is 4.79 Å². The van der Waals surface area contributed by atoms with Crippen LogP contribution >= 0.6 is 0 Å². The molecule has 0 bridgehead atoms. The number of benzene rings is 1. The minimum atomic E-state index is 0.134. The fourth-order valence-electron chi connectivity index (χ4n) is 2.01. The Bertz CT molecular complexity index is 421. The maximum absolute atomic E-state index is 11.5.